The number of hydrogen-bond donors (Lipinski definition) is 0. The van der Waals surface area contributed by atoms with Crippen LogP contribution in [0.15, 0.2) is 53.8 Å². The van der Waals surface area contributed by atoms with Gasteiger partial charge in [0.25, 0.3) is 5.65 Å². The predicted molar refractivity (Wildman–Crippen MR) is 176 cm³/mol. The summed E-state index contributed by atoms with van der Waals surface area (Å²) >= 11 is 0. The molecule has 0 saturated heterocycles. The molecule has 8 nitrogen and oxygen atoms in total. The Kier molecular flexibility index (Phi) is 15.9. The fraction of sp³-hybridized carbons (Fsp3) is 0.600. The molecule has 244 valence electrons. The first-order valence-electron chi connectivity index (χ1n) is 16.6. The van der Waals surface area contributed by atoms with Crippen molar-refractivity contribution in [1.29, 1.82) is 0 Å². The van der Waals surface area contributed by atoms with Gasteiger partial charge >= 0.3 is 0 Å². The maximum atomic E-state index is 9.22. The summed E-state index contributed by atoms with van der Waals surface area (Å²) in [7, 11) is -1.52. The molecule has 0 amide bonds. The van der Waals surface area contributed by atoms with E-state index in [9.17, 15) is 13.0 Å². The molecule has 2 bridgehead atoms. The van der Waals surface area contributed by atoms with Gasteiger partial charge in [-0.1, -0.05) is 115 Å². The summed E-state index contributed by atoms with van der Waals surface area (Å²) in [4.78, 5) is 4.76. The van der Waals surface area contributed by atoms with E-state index in [0.29, 0.717) is 0 Å². The van der Waals surface area contributed by atoms with Gasteiger partial charge in [0.15, 0.2) is 0 Å². The lowest BCUT2D eigenvalue weighted by Gasteiger charge is -2.11. The second-order valence-electron chi connectivity index (χ2n) is 11.8. The average Bonchev–Trinajstić information content (AvgIpc) is 3.33. The molecule has 0 unspecified atom stereocenters. The minimum absolute atomic E-state index is 0.808. The molecule has 44 heavy (non-hydrogen) atoms. The van der Waals surface area contributed by atoms with Crippen LogP contribution in [0.4, 0.5) is 0 Å². The number of allylic oxidation sites excluding steroid dienone is 1. The number of ether oxygens (including phenoxy) is 1. The highest BCUT2D eigenvalue weighted by atomic mass is 32.3. The molecule has 0 fully saturated rings. The number of hydrogen-bond acceptors (Lipinski definition) is 6. The highest BCUT2D eigenvalue weighted by Crippen LogP contribution is 2.23. The summed E-state index contributed by atoms with van der Waals surface area (Å²) in [6, 6.07) is 12.9. The Morgan fingerprint density at radius 2 is 1.36 bits per heavy atom. The van der Waals surface area contributed by atoms with Crippen molar-refractivity contribution in [2.24, 2.45) is 12.0 Å². The van der Waals surface area contributed by atoms with E-state index in [-0.39, 0.29) is 0 Å². The highest BCUT2D eigenvalue weighted by molar-refractivity contribution is 7.80. The average molecular weight is 628 g/mol. The molecule has 4 rings (SSSR count). The fourth-order valence-corrected chi connectivity index (χ4v) is 5.65. The number of fused-ring (bicyclic) bond motifs is 5. The Hall–Kier alpha value is -2.75. The Balaban J connectivity index is 0.000000801. The van der Waals surface area contributed by atoms with Gasteiger partial charge in [0.05, 0.1) is 32.3 Å². The first-order valence-corrected chi connectivity index (χ1v) is 17.9. The van der Waals surface area contributed by atoms with Crippen molar-refractivity contribution in [1.82, 2.24) is 4.57 Å². The number of unbranched alkanes of at least 4 members (excludes halogenated alkanes) is 15. The summed E-state index contributed by atoms with van der Waals surface area (Å²) in [5.74, 6) is 0.967. The Morgan fingerprint density at radius 3 is 1.89 bits per heavy atom. The number of aromatic nitrogens is 2. The van der Waals surface area contributed by atoms with Crippen molar-refractivity contribution in [3.8, 4) is 5.75 Å². The van der Waals surface area contributed by atoms with E-state index in [1.807, 2.05) is 6.20 Å². The summed E-state index contributed by atoms with van der Waals surface area (Å²) in [6.45, 7) is 3.95. The van der Waals surface area contributed by atoms with Crippen LogP contribution in [0.5, 0.6) is 5.75 Å². The van der Waals surface area contributed by atoms with Crippen LogP contribution in [-0.2, 0) is 28.2 Å². The van der Waals surface area contributed by atoms with Gasteiger partial charge in [-0.25, -0.2) is 22.5 Å². The van der Waals surface area contributed by atoms with Gasteiger partial charge < -0.3 is 9.29 Å². The molecule has 9 heteroatoms. The van der Waals surface area contributed by atoms with E-state index < -0.39 is 10.4 Å². The van der Waals surface area contributed by atoms with Crippen LogP contribution < -0.4 is 14.8 Å². The lowest BCUT2D eigenvalue weighted by atomic mass is 10.0. The van der Waals surface area contributed by atoms with Gasteiger partial charge in [0.1, 0.15) is 12.3 Å². The molecule has 3 heterocycles. The molecule has 0 atom stereocenters. The molecule has 1 aliphatic rings. The van der Waals surface area contributed by atoms with Crippen molar-refractivity contribution in [2.75, 3.05) is 13.7 Å². The molecule has 0 radical (unpaired) electrons. The fourth-order valence-electron chi connectivity index (χ4n) is 5.65. The van der Waals surface area contributed by atoms with Gasteiger partial charge in [0, 0.05) is 17.8 Å². The van der Waals surface area contributed by atoms with E-state index in [1.165, 1.54) is 118 Å². The smallest absolute Gasteiger partial charge is 0.283 e. The van der Waals surface area contributed by atoms with Crippen molar-refractivity contribution >= 4 is 27.0 Å². The molecule has 0 saturated carbocycles. The minimum Gasteiger partial charge on any atom is -0.726 e. The van der Waals surface area contributed by atoms with Crippen LogP contribution >= 0.6 is 0 Å². The monoisotopic (exact) mass is 627 g/mol. The molecular formula is C35H53N3O5S. The van der Waals surface area contributed by atoms with Crippen molar-refractivity contribution < 1.29 is 26.5 Å². The third kappa shape index (κ3) is 12.7. The molecule has 0 spiro atoms. The van der Waals surface area contributed by atoms with Crippen LogP contribution in [-0.4, -0.2) is 31.3 Å². The maximum Gasteiger partial charge on any atom is 0.283 e. The summed E-state index contributed by atoms with van der Waals surface area (Å²) < 4.78 is 41.5. The number of benzene rings is 1. The van der Waals surface area contributed by atoms with Crippen molar-refractivity contribution in [3.63, 3.8) is 0 Å². The normalized spacial score (nSPS) is 12.8. The molecule has 0 aliphatic carbocycles. The third-order valence-corrected chi connectivity index (χ3v) is 8.69. The van der Waals surface area contributed by atoms with Gasteiger partial charge in [-0.15, -0.1) is 0 Å². The number of nitrogens with zero attached hydrogens (tertiary/aromatic N) is 3. The number of aryl methyl sites for hydroxylation is 1. The maximum absolute atomic E-state index is 9.22. The van der Waals surface area contributed by atoms with Crippen LogP contribution in [0.25, 0.3) is 16.6 Å². The molecule has 0 N–H and O–H groups in total. The first-order chi connectivity index (χ1) is 21.3. The first kappa shape index (κ1) is 35.7. The number of rotatable bonds is 20. The topological polar surface area (TPSA) is 96.8 Å². The van der Waals surface area contributed by atoms with Gasteiger partial charge in [-0.3, -0.25) is 4.18 Å². The summed E-state index contributed by atoms with van der Waals surface area (Å²) in [6.07, 6.45) is 26.5. The van der Waals surface area contributed by atoms with Crippen LogP contribution in [0.3, 0.4) is 0 Å². The zero-order valence-corrected chi connectivity index (χ0v) is 28.0. The standard InChI is InChI=1S/C34H50N3O.CH4O4S/c1-3-4-5-6-7-8-9-10-11-12-13-14-15-16-17-18-25-38-32-21-19-29(20-22-32)31-27-35-34-30-23-24-36(2)33(26-30)37(34)28-31;1-5-6(2,3)4/h19-24,26-27H,3-18,25,28H2,1-2H3;1H3,(H,2,3,4)/q+1;/p-1. The lowest BCUT2D eigenvalue weighted by Crippen LogP contribution is -2.32. The lowest BCUT2D eigenvalue weighted by molar-refractivity contribution is -0.648. The second kappa shape index (κ2) is 19.6. The van der Waals surface area contributed by atoms with Crippen LogP contribution in [0.2, 0.25) is 0 Å². The highest BCUT2D eigenvalue weighted by Gasteiger charge is 2.20. The van der Waals surface area contributed by atoms with Gasteiger partial charge in [0.2, 0.25) is 15.9 Å². The van der Waals surface area contributed by atoms with Crippen LogP contribution in [0.1, 0.15) is 115 Å². The molecular weight excluding hydrogens is 574 g/mol. The van der Waals surface area contributed by atoms with Gasteiger partial charge in [-0.2, -0.15) is 0 Å². The Labute approximate surface area is 265 Å². The SMILES string of the molecule is CCCCCCCCCCCCCCCCCCOc1ccc(C2=CN=c3c4cc[n+](C)c(c4)n3C2)cc1.COS(=O)(=O)[O-]. The van der Waals surface area contributed by atoms with Crippen molar-refractivity contribution in [3.05, 3.63) is 59.8 Å². The zero-order valence-electron chi connectivity index (χ0n) is 27.1. The largest absolute Gasteiger partial charge is 0.726 e. The molecule has 2 aromatic heterocycles. The van der Waals surface area contributed by atoms with E-state index in [0.717, 1.165) is 37.9 Å². The van der Waals surface area contributed by atoms with Crippen LogP contribution in [0, 0.1) is 0 Å². The minimum atomic E-state index is -4.41. The second-order valence-corrected chi connectivity index (χ2v) is 13.0. The van der Waals surface area contributed by atoms with E-state index in [4.69, 9.17) is 9.73 Å². The molecule has 1 aliphatic heterocycles. The van der Waals surface area contributed by atoms with E-state index in [2.05, 4.69) is 69.9 Å². The molecule has 3 aromatic rings. The van der Waals surface area contributed by atoms with Gasteiger partial charge in [-0.05, 0) is 30.2 Å². The Bertz CT molecular complexity index is 1430. The van der Waals surface area contributed by atoms with E-state index in [1.54, 1.807) is 0 Å². The Morgan fingerprint density at radius 1 is 0.841 bits per heavy atom. The zero-order chi connectivity index (χ0) is 31.6. The molecule has 1 aromatic carbocycles. The quantitative estimate of drug-likeness (QED) is 0.0556. The van der Waals surface area contributed by atoms with E-state index >= 15 is 0 Å². The summed E-state index contributed by atoms with van der Waals surface area (Å²) in [5, 5.41) is 1.20. The summed E-state index contributed by atoms with van der Waals surface area (Å²) in [5.41, 5.74) is 4.71. The third-order valence-electron chi connectivity index (χ3n) is 8.28. The number of pyridine rings is 1. The predicted octanol–water partition coefficient (Wildman–Crippen LogP) is 7.59. The van der Waals surface area contributed by atoms with Crippen molar-refractivity contribution in [2.45, 2.75) is 116 Å².